The maximum Gasteiger partial charge on any atom is 0.270 e. The smallest absolute Gasteiger partial charge is 0.270 e. The van der Waals surface area contributed by atoms with Crippen LogP contribution in [0.15, 0.2) is 24.3 Å². The number of nitrogens with one attached hydrogen (secondary N) is 2. The molecule has 6 nitrogen and oxygen atoms in total. The van der Waals surface area contributed by atoms with Crippen molar-refractivity contribution >= 4 is 22.7 Å². The SMILES string of the molecule is CCOCCCNC(=O)C1CCN(C(=O)c2cc3ccc(C)cc3[nH]2)CC1. The van der Waals surface area contributed by atoms with Crippen molar-refractivity contribution in [2.45, 2.75) is 33.1 Å². The Kier molecular flexibility index (Phi) is 6.50. The van der Waals surface area contributed by atoms with E-state index in [2.05, 4.69) is 10.3 Å². The summed E-state index contributed by atoms with van der Waals surface area (Å²) in [6, 6.07) is 8.03. The van der Waals surface area contributed by atoms with Crippen LogP contribution in [0.4, 0.5) is 0 Å². The standard InChI is InChI=1S/C21H29N3O3/c1-3-27-12-4-9-22-20(25)16-7-10-24(11-8-16)21(26)19-14-17-6-5-15(2)13-18(17)23-19/h5-6,13-14,16,23H,3-4,7-12H2,1-2H3,(H,22,25). The van der Waals surface area contributed by atoms with Crippen LogP contribution in [0.2, 0.25) is 0 Å². The molecule has 3 rings (SSSR count). The Morgan fingerprint density at radius 3 is 2.78 bits per heavy atom. The summed E-state index contributed by atoms with van der Waals surface area (Å²) in [6.45, 7) is 7.25. The molecule has 2 aromatic rings. The van der Waals surface area contributed by atoms with Gasteiger partial charge in [0, 0.05) is 49.7 Å². The highest BCUT2D eigenvalue weighted by molar-refractivity contribution is 5.98. The predicted octanol–water partition coefficient (Wildman–Crippen LogP) is 2.87. The Bertz CT molecular complexity index is 791. The van der Waals surface area contributed by atoms with Crippen LogP contribution in [0.25, 0.3) is 10.9 Å². The zero-order valence-electron chi connectivity index (χ0n) is 16.2. The van der Waals surface area contributed by atoms with Crippen molar-refractivity contribution < 1.29 is 14.3 Å². The molecular formula is C21H29N3O3. The van der Waals surface area contributed by atoms with Crippen molar-refractivity contribution in [2.24, 2.45) is 5.92 Å². The molecule has 146 valence electrons. The van der Waals surface area contributed by atoms with E-state index >= 15 is 0 Å². The number of aromatic nitrogens is 1. The number of aromatic amines is 1. The number of fused-ring (bicyclic) bond motifs is 1. The Morgan fingerprint density at radius 1 is 1.26 bits per heavy atom. The third kappa shape index (κ3) is 4.89. The molecule has 2 N–H and O–H groups in total. The molecule has 1 saturated heterocycles. The Morgan fingerprint density at radius 2 is 2.04 bits per heavy atom. The molecule has 0 radical (unpaired) electrons. The number of H-pyrrole nitrogens is 1. The molecule has 6 heteroatoms. The normalized spacial score (nSPS) is 15.3. The number of carbonyl (C=O) groups is 2. The summed E-state index contributed by atoms with van der Waals surface area (Å²) in [5.74, 6) is 0.102. The highest BCUT2D eigenvalue weighted by atomic mass is 16.5. The third-order valence-electron chi connectivity index (χ3n) is 5.13. The lowest BCUT2D eigenvalue weighted by Crippen LogP contribution is -2.43. The van der Waals surface area contributed by atoms with Gasteiger partial charge in [-0.3, -0.25) is 9.59 Å². The van der Waals surface area contributed by atoms with Gasteiger partial charge >= 0.3 is 0 Å². The minimum absolute atomic E-state index is 0.00786. The molecule has 0 unspecified atom stereocenters. The topological polar surface area (TPSA) is 74.4 Å². The van der Waals surface area contributed by atoms with Crippen molar-refractivity contribution in [2.75, 3.05) is 32.8 Å². The summed E-state index contributed by atoms with van der Waals surface area (Å²) in [6.07, 6.45) is 2.25. The number of ether oxygens (including phenoxy) is 1. The van der Waals surface area contributed by atoms with Crippen LogP contribution in [0.5, 0.6) is 0 Å². The minimum Gasteiger partial charge on any atom is -0.382 e. The van der Waals surface area contributed by atoms with Crippen molar-refractivity contribution in [1.82, 2.24) is 15.2 Å². The highest BCUT2D eigenvalue weighted by Gasteiger charge is 2.28. The largest absolute Gasteiger partial charge is 0.382 e. The van der Waals surface area contributed by atoms with E-state index in [-0.39, 0.29) is 17.7 Å². The summed E-state index contributed by atoms with van der Waals surface area (Å²) < 4.78 is 5.27. The molecule has 1 aromatic carbocycles. The first-order valence-corrected chi connectivity index (χ1v) is 9.82. The Hall–Kier alpha value is -2.34. The summed E-state index contributed by atoms with van der Waals surface area (Å²) in [5.41, 5.74) is 2.77. The molecule has 0 atom stereocenters. The number of carbonyl (C=O) groups excluding carboxylic acids is 2. The summed E-state index contributed by atoms with van der Waals surface area (Å²) in [5, 5.41) is 4.03. The minimum atomic E-state index is -0.00786. The lowest BCUT2D eigenvalue weighted by Gasteiger charge is -2.31. The zero-order chi connectivity index (χ0) is 19.2. The first kappa shape index (κ1) is 19.4. The van der Waals surface area contributed by atoms with Gasteiger partial charge in [0.15, 0.2) is 0 Å². The number of piperidine rings is 1. The molecule has 2 amide bonds. The third-order valence-corrected chi connectivity index (χ3v) is 5.13. The molecule has 2 heterocycles. The molecule has 27 heavy (non-hydrogen) atoms. The maximum absolute atomic E-state index is 12.8. The van der Waals surface area contributed by atoms with E-state index in [1.165, 1.54) is 0 Å². The second-order valence-corrected chi connectivity index (χ2v) is 7.18. The van der Waals surface area contributed by atoms with Gasteiger partial charge < -0.3 is 19.9 Å². The lowest BCUT2D eigenvalue weighted by molar-refractivity contribution is -0.126. The average molecular weight is 371 g/mol. The highest BCUT2D eigenvalue weighted by Crippen LogP contribution is 2.22. The number of hydrogen-bond acceptors (Lipinski definition) is 3. The summed E-state index contributed by atoms with van der Waals surface area (Å²) >= 11 is 0. The first-order chi connectivity index (χ1) is 13.1. The van der Waals surface area contributed by atoms with E-state index in [1.807, 2.05) is 43.0 Å². The number of nitrogens with zero attached hydrogens (tertiary/aromatic N) is 1. The monoisotopic (exact) mass is 371 g/mol. The molecule has 1 aromatic heterocycles. The second kappa shape index (κ2) is 9.04. The summed E-state index contributed by atoms with van der Waals surface area (Å²) in [7, 11) is 0. The molecule has 0 spiro atoms. The van der Waals surface area contributed by atoms with Gasteiger partial charge in [-0.2, -0.15) is 0 Å². The van der Waals surface area contributed by atoms with E-state index in [1.54, 1.807) is 0 Å². The summed E-state index contributed by atoms with van der Waals surface area (Å²) in [4.78, 5) is 30.1. The number of amides is 2. The van der Waals surface area contributed by atoms with Gasteiger partial charge in [-0.25, -0.2) is 0 Å². The second-order valence-electron chi connectivity index (χ2n) is 7.18. The van der Waals surface area contributed by atoms with Crippen LogP contribution in [-0.4, -0.2) is 54.5 Å². The number of benzene rings is 1. The van der Waals surface area contributed by atoms with Crippen LogP contribution in [-0.2, 0) is 9.53 Å². The van der Waals surface area contributed by atoms with Crippen molar-refractivity contribution in [3.63, 3.8) is 0 Å². The lowest BCUT2D eigenvalue weighted by atomic mass is 9.95. The van der Waals surface area contributed by atoms with E-state index < -0.39 is 0 Å². The van der Waals surface area contributed by atoms with E-state index in [0.29, 0.717) is 51.4 Å². The number of hydrogen-bond donors (Lipinski definition) is 2. The molecule has 1 aliphatic rings. The number of rotatable bonds is 7. The molecule has 1 fully saturated rings. The van der Waals surface area contributed by atoms with Crippen molar-refractivity contribution in [3.05, 3.63) is 35.5 Å². The van der Waals surface area contributed by atoms with E-state index in [9.17, 15) is 9.59 Å². The molecule has 0 saturated carbocycles. The van der Waals surface area contributed by atoms with Crippen molar-refractivity contribution in [3.8, 4) is 0 Å². The predicted molar refractivity (Wildman–Crippen MR) is 106 cm³/mol. The Labute approximate surface area is 160 Å². The molecule has 0 aliphatic carbocycles. The fourth-order valence-corrected chi connectivity index (χ4v) is 3.55. The van der Waals surface area contributed by atoms with Crippen LogP contribution in [0, 0.1) is 12.8 Å². The molecule has 1 aliphatic heterocycles. The fourth-order valence-electron chi connectivity index (χ4n) is 3.55. The fraction of sp³-hybridized carbons (Fsp3) is 0.524. The van der Waals surface area contributed by atoms with Gasteiger partial charge in [0.05, 0.1) is 0 Å². The van der Waals surface area contributed by atoms with Crippen LogP contribution >= 0.6 is 0 Å². The van der Waals surface area contributed by atoms with Gasteiger partial charge in [-0.15, -0.1) is 0 Å². The zero-order valence-corrected chi connectivity index (χ0v) is 16.2. The van der Waals surface area contributed by atoms with Gasteiger partial charge in [0.1, 0.15) is 5.69 Å². The van der Waals surface area contributed by atoms with Gasteiger partial charge in [-0.05, 0) is 50.8 Å². The van der Waals surface area contributed by atoms with Crippen LogP contribution < -0.4 is 5.32 Å². The van der Waals surface area contributed by atoms with Crippen LogP contribution in [0.3, 0.4) is 0 Å². The molecule has 0 bridgehead atoms. The Balaban J connectivity index is 1.49. The van der Waals surface area contributed by atoms with E-state index in [4.69, 9.17) is 4.74 Å². The van der Waals surface area contributed by atoms with Gasteiger partial charge in [0.25, 0.3) is 5.91 Å². The van der Waals surface area contributed by atoms with Crippen molar-refractivity contribution in [1.29, 1.82) is 0 Å². The quantitative estimate of drug-likeness (QED) is 0.735. The number of aryl methyl sites for hydroxylation is 1. The van der Waals surface area contributed by atoms with Gasteiger partial charge in [-0.1, -0.05) is 12.1 Å². The average Bonchev–Trinajstić information content (AvgIpc) is 3.10. The first-order valence-electron chi connectivity index (χ1n) is 9.82. The van der Waals surface area contributed by atoms with E-state index in [0.717, 1.165) is 22.9 Å². The molecular weight excluding hydrogens is 342 g/mol. The van der Waals surface area contributed by atoms with Gasteiger partial charge in [0.2, 0.25) is 5.91 Å². The maximum atomic E-state index is 12.8. The van der Waals surface area contributed by atoms with Crippen LogP contribution in [0.1, 0.15) is 42.2 Å². The number of likely N-dealkylation sites (tertiary alicyclic amines) is 1.